The minimum absolute atomic E-state index is 0.590. The van der Waals surface area contributed by atoms with Gasteiger partial charge >= 0.3 is 0 Å². The first-order chi connectivity index (χ1) is 8.83. The lowest BCUT2D eigenvalue weighted by molar-refractivity contribution is 0.202. The zero-order valence-corrected chi connectivity index (χ0v) is 11.3. The van der Waals surface area contributed by atoms with E-state index in [0.29, 0.717) is 6.54 Å². The van der Waals surface area contributed by atoms with Gasteiger partial charge in [-0.15, -0.1) is 0 Å². The maximum Gasteiger partial charge on any atom is 0.119 e. The van der Waals surface area contributed by atoms with Crippen molar-refractivity contribution in [2.75, 3.05) is 19.7 Å². The highest BCUT2D eigenvalue weighted by molar-refractivity contribution is 5.27. The number of rotatable bonds is 8. The molecule has 0 atom stereocenters. The van der Waals surface area contributed by atoms with E-state index in [1.807, 2.05) is 24.3 Å². The van der Waals surface area contributed by atoms with Crippen molar-refractivity contribution in [3.05, 3.63) is 29.8 Å². The van der Waals surface area contributed by atoms with Gasteiger partial charge in [-0.25, -0.2) is 0 Å². The lowest BCUT2D eigenvalue weighted by atomic mass is 10.2. The molecule has 3 heteroatoms. The van der Waals surface area contributed by atoms with Crippen molar-refractivity contribution < 1.29 is 4.74 Å². The van der Waals surface area contributed by atoms with E-state index in [2.05, 4.69) is 11.8 Å². The summed E-state index contributed by atoms with van der Waals surface area (Å²) in [4.78, 5) is 2.55. The van der Waals surface area contributed by atoms with Gasteiger partial charge in [0.25, 0.3) is 0 Å². The summed E-state index contributed by atoms with van der Waals surface area (Å²) in [6.45, 7) is 5.84. The smallest absolute Gasteiger partial charge is 0.119 e. The molecule has 3 nitrogen and oxygen atoms in total. The molecule has 0 radical (unpaired) electrons. The van der Waals surface area contributed by atoms with Gasteiger partial charge in [0.05, 0.1) is 0 Å². The fourth-order valence-electron chi connectivity index (χ4n) is 2.21. The zero-order valence-electron chi connectivity index (χ0n) is 11.3. The van der Waals surface area contributed by atoms with E-state index >= 15 is 0 Å². The average molecular weight is 248 g/mol. The van der Waals surface area contributed by atoms with E-state index < -0.39 is 0 Å². The van der Waals surface area contributed by atoms with Crippen molar-refractivity contribution >= 4 is 0 Å². The predicted molar refractivity (Wildman–Crippen MR) is 74.7 cm³/mol. The van der Waals surface area contributed by atoms with E-state index in [0.717, 1.165) is 30.5 Å². The molecular formula is C15H24N2O. The molecule has 1 saturated carbocycles. The first-order valence-electron chi connectivity index (χ1n) is 6.99. The van der Waals surface area contributed by atoms with E-state index in [-0.39, 0.29) is 0 Å². The monoisotopic (exact) mass is 248 g/mol. The number of nitrogens with two attached hydrogens (primary N) is 1. The van der Waals surface area contributed by atoms with Crippen LogP contribution in [0, 0.1) is 0 Å². The molecule has 0 amide bonds. The van der Waals surface area contributed by atoms with Gasteiger partial charge in [0.2, 0.25) is 0 Å². The molecule has 2 rings (SSSR count). The van der Waals surface area contributed by atoms with Crippen LogP contribution in [-0.4, -0.2) is 30.6 Å². The number of nitrogens with zero attached hydrogens (tertiary/aromatic N) is 1. The molecule has 0 heterocycles. The van der Waals surface area contributed by atoms with Crippen LogP contribution in [0.1, 0.15) is 31.7 Å². The van der Waals surface area contributed by atoms with E-state index in [1.165, 1.54) is 25.8 Å². The molecule has 0 bridgehead atoms. The summed E-state index contributed by atoms with van der Waals surface area (Å²) in [5, 5.41) is 0. The summed E-state index contributed by atoms with van der Waals surface area (Å²) in [7, 11) is 0. The van der Waals surface area contributed by atoms with Crippen LogP contribution in [0.2, 0.25) is 0 Å². The van der Waals surface area contributed by atoms with Crippen LogP contribution in [0.4, 0.5) is 0 Å². The SMILES string of the molecule is CCCN(CCOc1ccc(CN)cc1)C1CC1. The molecule has 1 fully saturated rings. The maximum absolute atomic E-state index is 5.78. The van der Waals surface area contributed by atoms with E-state index in [1.54, 1.807) is 0 Å². The Morgan fingerprint density at radius 3 is 2.50 bits per heavy atom. The Bertz CT molecular complexity index is 346. The lowest BCUT2D eigenvalue weighted by Gasteiger charge is -2.21. The topological polar surface area (TPSA) is 38.5 Å². The van der Waals surface area contributed by atoms with Gasteiger partial charge in [-0.3, -0.25) is 4.90 Å². The van der Waals surface area contributed by atoms with Crippen molar-refractivity contribution in [2.45, 2.75) is 38.8 Å². The summed E-state index contributed by atoms with van der Waals surface area (Å²) in [6, 6.07) is 8.89. The largest absolute Gasteiger partial charge is 0.492 e. The van der Waals surface area contributed by atoms with Crippen LogP contribution in [0.25, 0.3) is 0 Å². The molecule has 0 saturated heterocycles. The van der Waals surface area contributed by atoms with Crippen LogP contribution in [0.5, 0.6) is 5.75 Å². The maximum atomic E-state index is 5.78. The number of hydrogen-bond donors (Lipinski definition) is 1. The van der Waals surface area contributed by atoms with Gasteiger partial charge in [0, 0.05) is 19.1 Å². The summed E-state index contributed by atoms with van der Waals surface area (Å²) >= 11 is 0. The van der Waals surface area contributed by atoms with Gasteiger partial charge in [-0.1, -0.05) is 19.1 Å². The Kier molecular flexibility index (Phi) is 5.02. The Morgan fingerprint density at radius 2 is 1.94 bits per heavy atom. The molecule has 100 valence electrons. The standard InChI is InChI=1S/C15H24N2O/c1-2-9-17(14-5-6-14)10-11-18-15-7-3-13(12-16)4-8-15/h3-4,7-8,14H,2,5-6,9-12,16H2,1H3. The highest BCUT2D eigenvalue weighted by atomic mass is 16.5. The minimum atomic E-state index is 0.590. The number of hydrogen-bond acceptors (Lipinski definition) is 3. The van der Waals surface area contributed by atoms with E-state index in [9.17, 15) is 0 Å². The van der Waals surface area contributed by atoms with Crippen molar-refractivity contribution in [2.24, 2.45) is 5.73 Å². The molecule has 1 aromatic rings. The van der Waals surface area contributed by atoms with Gasteiger partial charge in [-0.2, -0.15) is 0 Å². The molecule has 0 spiro atoms. The third-order valence-corrected chi connectivity index (χ3v) is 3.38. The molecule has 0 unspecified atom stereocenters. The second kappa shape index (κ2) is 6.76. The van der Waals surface area contributed by atoms with Crippen molar-refractivity contribution in [1.29, 1.82) is 0 Å². The predicted octanol–water partition coefficient (Wildman–Crippen LogP) is 2.40. The fraction of sp³-hybridized carbons (Fsp3) is 0.600. The first-order valence-corrected chi connectivity index (χ1v) is 6.99. The Hall–Kier alpha value is -1.06. The molecule has 1 aliphatic rings. The fourth-order valence-corrected chi connectivity index (χ4v) is 2.21. The summed E-state index contributed by atoms with van der Waals surface area (Å²) in [5.74, 6) is 0.944. The number of ether oxygens (including phenoxy) is 1. The van der Waals surface area contributed by atoms with Crippen LogP contribution in [0.15, 0.2) is 24.3 Å². The molecule has 1 aromatic carbocycles. The molecule has 18 heavy (non-hydrogen) atoms. The van der Waals surface area contributed by atoms with Crippen LogP contribution < -0.4 is 10.5 Å². The van der Waals surface area contributed by atoms with Gasteiger partial charge in [0.1, 0.15) is 12.4 Å². The van der Waals surface area contributed by atoms with Crippen molar-refractivity contribution in [1.82, 2.24) is 4.90 Å². The Labute approximate surface area is 110 Å². The first kappa shape index (κ1) is 13.4. The highest BCUT2D eigenvalue weighted by Gasteiger charge is 2.27. The molecule has 0 aromatic heterocycles. The van der Waals surface area contributed by atoms with Gasteiger partial charge < -0.3 is 10.5 Å². The summed E-state index contributed by atoms with van der Waals surface area (Å²) in [6.07, 6.45) is 3.96. The highest BCUT2D eigenvalue weighted by Crippen LogP contribution is 2.26. The Balaban J connectivity index is 1.72. The van der Waals surface area contributed by atoms with Crippen LogP contribution in [-0.2, 0) is 6.54 Å². The van der Waals surface area contributed by atoms with Crippen LogP contribution in [0.3, 0.4) is 0 Å². The Morgan fingerprint density at radius 1 is 1.22 bits per heavy atom. The van der Waals surface area contributed by atoms with E-state index in [4.69, 9.17) is 10.5 Å². The van der Waals surface area contributed by atoms with Gasteiger partial charge in [0.15, 0.2) is 0 Å². The third-order valence-electron chi connectivity index (χ3n) is 3.38. The summed E-state index contributed by atoms with van der Waals surface area (Å²) in [5.41, 5.74) is 6.71. The second-order valence-corrected chi connectivity index (χ2v) is 4.96. The molecular weight excluding hydrogens is 224 g/mol. The lowest BCUT2D eigenvalue weighted by Crippen LogP contribution is -2.31. The summed E-state index contributed by atoms with van der Waals surface area (Å²) < 4.78 is 5.78. The number of benzene rings is 1. The van der Waals surface area contributed by atoms with Crippen molar-refractivity contribution in [3.63, 3.8) is 0 Å². The molecule has 1 aliphatic carbocycles. The minimum Gasteiger partial charge on any atom is -0.492 e. The zero-order chi connectivity index (χ0) is 12.8. The quantitative estimate of drug-likeness (QED) is 0.767. The van der Waals surface area contributed by atoms with Crippen LogP contribution >= 0.6 is 0 Å². The molecule has 2 N–H and O–H groups in total. The normalized spacial score (nSPS) is 15.1. The second-order valence-electron chi connectivity index (χ2n) is 4.96. The van der Waals surface area contributed by atoms with Crippen molar-refractivity contribution in [3.8, 4) is 5.75 Å². The third kappa shape index (κ3) is 4.00. The van der Waals surface area contributed by atoms with Gasteiger partial charge in [-0.05, 0) is 43.5 Å². The average Bonchev–Trinajstić information content (AvgIpc) is 3.23. The molecule has 0 aliphatic heterocycles.